The fraction of sp³-hybridized carbons (Fsp3) is 0.353. The van der Waals surface area contributed by atoms with Gasteiger partial charge in [-0.1, -0.05) is 12.1 Å². The summed E-state index contributed by atoms with van der Waals surface area (Å²) in [6.45, 7) is 4.35. The number of esters is 1. The van der Waals surface area contributed by atoms with E-state index in [0.717, 1.165) is 16.3 Å². The van der Waals surface area contributed by atoms with Gasteiger partial charge in [-0.25, -0.2) is 14.6 Å². The van der Waals surface area contributed by atoms with Gasteiger partial charge in [0.15, 0.2) is 0 Å². The molecule has 0 bridgehead atoms. The Kier molecular flexibility index (Phi) is 6.31. The van der Waals surface area contributed by atoms with Crippen LogP contribution in [0.15, 0.2) is 29.6 Å². The normalized spacial score (nSPS) is 11.6. The van der Waals surface area contributed by atoms with Gasteiger partial charge in [0.05, 0.1) is 29.4 Å². The van der Waals surface area contributed by atoms with Crippen LogP contribution in [0.5, 0.6) is 0 Å². The molecular formula is C17H21N3O3S. The second-order valence-corrected chi connectivity index (χ2v) is 6.41. The number of hydrogen-bond acceptors (Lipinski definition) is 5. The zero-order chi connectivity index (χ0) is 17.5. The summed E-state index contributed by atoms with van der Waals surface area (Å²) in [5.74, 6) is -0.356. The molecule has 0 saturated carbocycles. The van der Waals surface area contributed by atoms with Crippen molar-refractivity contribution in [3.63, 3.8) is 0 Å². The molecule has 0 aliphatic rings. The van der Waals surface area contributed by atoms with Gasteiger partial charge in [0, 0.05) is 11.9 Å². The highest BCUT2D eigenvalue weighted by Gasteiger charge is 2.11. The van der Waals surface area contributed by atoms with Crippen molar-refractivity contribution in [3.05, 3.63) is 51.5 Å². The highest BCUT2D eigenvalue weighted by atomic mass is 32.1. The van der Waals surface area contributed by atoms with Crippen molar-refractivity contribution in [2.75, 3.05) is 13.7 Å². The number of ether oxygens (including phenoxy) is 1. The molecular weight excluding hydrogens is 326 g/mol. The predicted molar refractivity (Wildman–Crippen MR) is 93.3 cm³/mol. The summed E-state index contributed by atoms with van der Waals surface area (Å²) >= 11 is 1.56. The van der Waals surface area contributed by atoms with E-state index in [2.05, 4.69) is 20.4 Å². The van der Waals surface area contributed by atoms with Gasteiger partial charge < -0.3 is 15.4 Å². The Hall–Kier alpha value is -2.41. The Morgan fingerprint density at radius 3 is 2.58 bits per heavy atom. The minimum absolute atomic E-state index is 0.130. The van der Waals surface area contributed by atoms with E-state index in [0.29, 0.717) is 18.5 Å². The van der Waals surface area contributed by atoms with Crippen LogP contribution in [0.1, 0.15) is 39.6 Å². The van der Waals surface area contributed by atoms with Crippen molar-refractivity contribution in [1.82, 2.24) is 15.6 Å². The number of thiazole rings is 1. The SMILES string of the molecule is COC(=O)c1ccc(CCNC(=O)N[C@@H](C)c2csc(C)n2)cc1. The van der Waals surface area contributed by atoms with Crippen LogP contribution in [0.4, 0.5) is 4.79 Å². The number of methoxy groups -OCH3 is 1. The Morgan fingerprint density at radius 2 is 2.00 bits per heavy atom. The lowest BCUT2D eigenvalue weighted by molar-refractivity contribution is 0.0600. The number of carbonyl (C=O) groups excluding carboxylic acids is 2. The number of rotatable bonds is 6. The van der Waals surface area contributed by atoms with Gasteiger partial charge in [-0.2, -0.15) is 0 Å². The maximum Gasteiger partial charge on any atom is 0.337 e. The lowest BCUT2D eigenvalue weighted by atomic mass is 10.1. The molecule has 128 valence electrons. The quantitative estimate of drug-likeness (QED) is 0.788. The van der Waals surface area contributed by atoms with Gasteiger partial charge in [-0.05, 0) is 38.0 Å². The number of amides is 2. The maximum atomic E-state index is 11.9. The van der Waals surface area contributed by atoms with Crippen molar-refractivity contribution in [3.8, 4) is 0 Å². The number of nitrogens with one attached hydrogen (secondary N) is 2. The minimum Gasteiger partial charge on any atom is -0.465 e. The molecule has 0 fully saturated rings. The number of benzene rings is 1. The first-order chi connectivity index (χ1) is 11.5. The van der Waals surface area contributed by atoms with E-state index in [9.17, 15) is 9.59 Å². The van der Waals surface area contributed by atoms with E-state index in [-0.39, 0.29) is 18.0 Å². The van der Waals surface area contributed by atoms with Gasteiger partial charge in [-0.15, -0.1) is 11.3 Å². The van der Waals surface area contributed by atoms with E-state index in [1.165, 1.54) is 7.11 Å². The standard InChI is InChI=1S/C17H21N3O3S/c1-11(15-10-24-12(2)20-15)19-17(22)18-9-8-13-4-6-14(7-5-13)16(21)23-3/h4-7,10-11H,8-9H2,1-3H3,(H2,18,19,22)/t11-/m0/s1. The number of hydrogen-bond donors (Lipinski definition) is 2. The second-order valence-electron chi connectivity index (χ2n) is 5.35. The first-order valence-electron chi connectivity index (χ1n) is 7.63. The molecule has 0 radical (unpaired) electrons. The number of aryl methyl sites for hydroxylation is 1. The average Bonchev–Trinajstić information content (AvgIpc) is 3.01. The van der Waals surface area contributed by atoms with E-state index in [1.807, 2.05) is 31.4 Å². The van der Waals surface area contributed by atoms with E-state index in [4.69, 9.17) is 0 Å². The van der Waals surface area contributed by atoms with Gasteiger partial charge in [0.2, 0.25) is 0 Å². The molecule has 1 aromatic heterocycles. The predicted octanol–water partition coefficient (Wildman–Crippen LogP) is 2.84. The molecule has 0 spiro atoms. The van der Waals surface area contributed by atoms with E-state index < -0.39 is 0 Å². The van der Waals surface area contributed by atoms with Crippen LogP contribution in [0, 0.1) is 6.92 Å². The molecule has 6 nitrogen and oxygen atoms in total. The second kappa shape index (κ2) is 8.44. The Bertz CT molecular complexity index is 697. The molecule has 0 saturated heterocycles. The number of nitrogens with zero attached hydrogens (tertiary/aromatic N) is 1. The van der Waals surface area contributed by atoms with Gasteiger partial charge >= 0.3 is 12.0 Å². The highest BCUT2D eigenvalue weighted by molar-refractivity contribution is 7.09. The molecule has 7 heteroatoms. The summed E-state index contributed by atoms with van der Waals surface area (Å²) in [5, 5.41) is 8.61. The Morgan fingerprint density at radius 1 is 1.29 bits per heavy atom. The molecule has 2 aromatic rings. The molecule has 0 aliphatic carbocycles. The van der Waals surface area contributed by atoms with Gasteiger partial charge in [0.25, 0.3) is 0 Å². The first kappa shape index (κ1) is 17.9. The molecule has 1 atom stereocenters. The van der Waals surface area contributed by atoms with Crippen LogP contribution in [-0.2, 0) is 11.2 Å². The zero-order valence-electron chi connectivity index (χ0n) is 14.0. The van der Waals surface area contributed by atoms with Crippen LogP contribution in [0.25, 0.3) is 0 Å². The van der Waals surface area contributed by atoms with Gasteiger partial charge in [-0.3, -0.25) is 0 Å². The average molecular weight is 347 g/mol. The van der Waals surface area contributed by atoms with Crippen molar-refractivity contribution in [1.29, 1.82) is 0 Å². The molecule has 2 rings (SSSR count). The Labute approximate surface area is 145 Å². The maximum absolute atomic E-state index is 11.9. The number of urea groups is 1. The van der Waals surface area contributed by atoms with E-state index in [1.54, 1.807) is 23.5 Å². The molecule has 1 heterocycles. The fourth-order valence-corrected chi connectivity index (χ4v) is 2.85. The zero-order valence-corrected chi connectivity index (χ0v) is 14.8. The summed E-state index contributed by atoms with van der Waals surface area (Å²) in [5.41, 5.74) is 2.41. The summed E-state index contributed by atoms with van der Waals surface area (Å²) < 4.78 is 4.66. The first-order valence-corrected chi connectivity index (χ1v) is 8.51. The summed E-state index contributed by atoms with van der Waals surface area (Å²) in [7, 11) is 1.35. The molecule has 24 heavy (non-hydrogen) atoms. The lowest BCUT2D eigenvalue weighted by Crippen LogP contribution is -2.38. The molecule has 2 amide bonds. The van der Waals surface area contributed by atoms with Crippen LogP contribution in [-0.4, -0.2) is 30.6 Å². The summed E-state index contributed by atoms with van der Waals surface area (Å²) in [6, 6.07) is 6.79. The number of aromatic nitrogens is 1. The van der Waals surface area contributed by atoms with Gasteiger partial charge in [0.1, 0.15) is 0 Å². The smallest absolute Gasteiger partial charge is 0.337 e. The van der Waals surface area contributed by atoms with Crippen LogP contribution in [0.3, 0.4) is 0 Å². The molecule has 0 aliphatic heterocycles. The molecule has 2 N–H and O–H groups in total. The third kappa shape index (κ3) is 5.06. The number of carbonyl (C=O) groups is 2. The third-order valence-corrected chi connectivity index (χ3v) is 4.29. The van der Waals surface area contributed by atoms with Crippen molar-refractivity contribution >= 4 is 23.3 Å². The lowest BCUT2D eigenvalue weighted by Gasteiger charge is -2.12. The van der Waals surface area contributed by atoms with Crippen molar-refractivity contribution in [2.24, 2.45) is 0 Å². The summed E-state index contributed by atoms with van der Waals surface area (Å²) in [4.78, 5) is 27.6. The van der Waals surface area contributed by atoms with E-state index >= 15 is 0 Å². The topological polar surface area (TPSA) is 80.3 Å². The third-order valence-electron chi connectivity index (χ3n) is 3.50. The van der Waals surface area contributed by atoms with Crippen LogP contribution < -0.4 is 10.6 Å². The minimum atomic E-state index is -0.356. The highest BCUT2D eigenvalue weighted by Crippen LogP contribution is 2.15. The van der Waals surface area contributed by atoms with Crippen LogP contribution >= 0.6 is 11.3 Å². The van der Waals surface area contributed by atoms with Crippen molar-refractivity contribution < 1.29 is 14.3 Å². The van der Waals surface area contributed by atoms with Crippen LogP contribution in [0.2, 0.25) is 0 Å². The Balaban J connectivity index is 1.75. The summed E-state index contributed by atoms with van der Waals surface area (Å²) in [6.07, 6.45) is 0.680. The molecule has 0 unspecified atom stereocenters. The largest absolute Gasteiger partial charge is 0.465 e. The fourth-order valence-electron chi connectivity index (χ4n) is 2.15. The van der Waals surface area contributed by atoms with Crippen molar-refractivity contribution in [2.45, 2.75) is 26.3 Å². The molecule has 1 aromatic carbocycles. The monoisotopic (exact) mass is 347 g/mol.